The van der Waals surface area contributed by atoms with Gasteiger partial charge in [-0.3, -0.25) is 4.79 Å². The van der Waals surface area contributed by atoms with E-state index in [1.807, 2.05) is 30.0 Å². The van der Waals surface area contributed by atoms with E-state index in [0.717, 1.165) is 40.9 Å². The van der Waals surface area contributed by atoms with Gasteiger partial charge >= 0.3 is 0 Å². The first kappa shape index (κ1) is 12.8. The maximum Gasteiger partial charge on any atom is 0.254 e. The van der Waals surface area contributed by atoms with Crippen LogP contribution in [0.5, 0.6) is 0 Å². The lowest BCUT2D eigenvalue weighted by Gasteiger charge is -2.32. The molecule has 4 heteroatoms. The predicted molar refractivity (Wildman–Crippen MR) is 77.3 cm³/mol. The first-order valence-corrected chi connectivity index (χ1v) is 6.90. The highest BCUT2D eigenvalue weighted by atomic mass is 127. The topological polar surface area (TPSA) is 23.6 Å². The van der Waals surface area contributed by atoms with Crippen LogP contribution in [0.4, 0.5) is 0 Å². The summed E-state index contributed by atoms with van der Waals surface area (Å²) in [5.74, 6) is 0.175. The Labute approximate surface area is 116 Å². The third kappa shape index (κ3) is 2.80. The van der Waals surface area contributed by atoms with Crippen LogP contribution in [0.1, 0.15) is 15.9 Å². The minimum absolute atomic E-state index is 0.175. The van der Waals surface area contributed by atoms with Crippen molar-refractivity contribution in [3.05, 3.63) is 32.9 Å². The quantitative estimate of drug-likeness (QED) is 0.728. The number of nitrogens with zero attached hydrogens (tertiary/aromatic N) is 2. The lowest BCUT2D eigenvalue weighted by atomic mass is 10.1. The van der Waals surface area contributed by atoms with Crippen LogP contribution >= 0.6 is 22.6 Å². The van der Waals surface area contributed by atoms with Crippen LogP contribution in [0, 0.1) is 10.5 Å². The van der Waals surface area contributed by atoms with Gasteiger partial charge in [0, 0.05) is 35.3 Å². The van der Waals surface area contributed by atoms with Crippen LogP contribution in [-0.2, 0) is 0 Å². The average Bonchev–Trinajstić information content (AvgIpc) is 2.33. The summed E-state index contributed by atoms with van der Waals surface area (Å²) in [6.07, 6.45) is 0. The Kier molecular flexibility index (Phi) is 4.04. The van der Waals surface area contributed by atoms with Crippen molar-refractivity contribution < 1.29 is 4.79 Å². The number of hydrogen-bond donors (Lipinski definition) is 0. The van der Waals surface area contributed by atoms with Crippen LogP contribution in [0.2, 0.25) is 0 Å². The molecule has 0 aromatic heterocycles. The van der Waals surface area contributed by atoms with E-state index in [1.54, 1.807) is 0 Å². The largest absolute Gasteiger partial charge is 0.336 e. The van der Waals surface area contributed by atoms with Gasteiger partial charge in [0.2, 0.25) is 0 Å². The molecule has 0 bridgehead atoms. The monoisotopic (exact) mass is 344 g/mol. The maximum atomic E-state index is 12.4. The SMILES string of the molecule is Cc1c(I)cccc1C(=O)N1CCN(C)CC1. The van der Waals surface area contributed by atoms with Gasteiger partial charge in [-0.2, -0.15) is 0 Å². The Bertz CT molecular complexity index is 425. The number of carbonyl (C=O) groups excluding carboxylic acids is 1. The first-order chi connectivity index (χ1) is 8.09. The van der Waals surface area contributed by atoms with Crippen LogP contribution in [-0.4, -0.2) is 48.9 Å². The highest BCUT2D eigenvalue weighted by Gasteiger charge is 2.21. The summed E-state index contributed by atoms with van der Waals surface area (Å²) in [5.41, 5.74) is 1.94. The highest BCUT2D eigenvalue weighted by molar-refractivity contribution is 14.1. The number of rotatable bonds is 1. The van der Waals surface area contributed by atoms with Crippen molar-refractivity contribution in [3.8, 4) is 0 Å². The Morgan fingerprint density at radius 3 is 2.53 bits per heavy atom. The average molecular weight is 344 g/mol. The van der Waals surface area contributed by atoms with Crippen molar-refractivity contribution >= 4 is 28.5 Å². The molecule has 0 spiro atoms. The maximum absolute atomic E-state index is 12.4. The van der Waals surface area contributed by atoms with Crippen molar-refractivity contribution in [2.24, 2.45) is 0 Å². The zero-order valence-corrected chi connectivity index (χ0v) is 12.4. The summed E-state index contributed by atoms with van der Waals surface area (Å²) < 4.78 is 1.16. The molecule has 1 saturated heterocycles. The molecule has 1 aliphatic rings. The van der Waals surface area contributed by atoms with Gasteiger partial charge in [-0.15, -0.1) is 0 Å². The molecule has 17 heavy (non-hydrogen) atoms. The lowest BCUT2D eigenvalue weighted by Crippen LogP contribution is -2.47. The Hall–Kier alpha value is -0.620. The molecule has 1 amide bonds. The molecule has 0 aliphatic carbocycles. The Morgan fingerprint density at radius 1 is 1.24 bits per heavy atom. The number of carbonyl (C=O) groups is 1. The van der Waals surface area contributed by atoms with Crippen molar-refractivity contribution in [1.29, 1.82) is 0 Å². The number of benzene rings is 1. The molecule has 92 valence electrons. The molecule has 0 N–H and O–H groups in total. The molecule has 2 rings (SSSR count). The van der Waals surface area contributed by atoms with Crippen molar-refractivity contribution in [1.82, 2.24) is 9.80 Å². The Balaban J connectivity index is 2.17. The van der Waals surface area contributed by atoms with Gasteiger partial charge in [-0.05, 0) is 54.3 Å². The van der Waals surface area contributed by atoms with Crippen LogP contribution in [0.3, 0.4) is 0 Å². The minimum atomic E-state index is 0.175. The van der Waals surface area contributed by atoms with E-state index in [-0.39, 0.29) is 5.91 Å². The van der Waals surface area contributed by atoms with Crippen LogP contribution in [0.15, 0.2) is 18.2 Å². The molecule has 1 aliphatic heterocycles. The van der Waals surface area contributed by atoms with E-state index < -0.39 is 0 Å². The lowest BCUT2D eigenvalue weighted by molar-refractivity contribution is 0.0663. The number of halogens is 1. The summed E-state index contributed by atoms with van der Waals surface area (Å²) in [4.78, 5) is 16.6. The molecule has 3 nitrogen and oxygen atoms in total. The normalized spacial score (nSPS) is 17.2. The fourth-order valence-electron chi connectivity index (χ4n) is 2.02. The van der Waals surface area contributed by atoms with E-state index >= 15 is 0 Å². The molecule has 1 fully saturated rings. The first-order valence-electron chi connectivity index (χ1n) is 5.82. The van der Waals surface area contributed by atoms with Crippen molar-refractivity contribution in [2.75, 3.05) is 33.2 Å². The fraction of sp³-hybridized carbons (Fsp3) is 0.462. The molecule has 0 radical (unpaired) electrons. The molecule has 0 atom stereocenters. The number of piperazine rings is 1. The molecule has 0 saturated carbocycles. The number of amides is 1. The van der Waals surface area contributed by atoms with E-state index in [0.29, 0.717) is 0 Å². The van der Waals surface area contributed by atoms with Crippen LogP contribution in [0.25, 0.3) is 0 Å². The summed E-state index contributed by atoms with van der Waals surface area (Å²) in [7, 11) is 2.10. The number of likely N-dealkylation sites (N-methyl/N-ethyl adjacent to an activating group) is 1. The zero-order valence-electron chi connectivity index (χ0n) is 10.2. The van der Waals surface area contributed by atoms with E-state index in [4.69, 9.17) is 0 Å². The van der Waals surface area contributed by atoms with E-state index in [2.05, 4.69) is 34.5 Å². The number of hydrogen-bond acceptors (Lipinski definition) is 2. The van der Waals surface area contributed by atoms with Gasteiger partial charge < -0.3 is 9.80 Å². The molecule has 1 heterocycles. The van der Waals surface area contributed by atoms with Gasteiger partial charge in [0.1, 0.15) is 0 Å². The van der Waals surface area contributed by atoms with E-state index in [1.165, 1.54) is 0 Å². The molecule has 1 aromatic rings. The highest BCUT2D eigenvalue weighted by Crippen LogP contribution is 2.18. The second kappa shape index (κ2) is 5.35. The molecular formula is C13H17IN2O. The second-order valence-electron chi connectivity index (χ2n) is 4.51. The predicted octanol–water partition coefficient (Wildman–Crippen LogP) is 1.99. The third-order valence-electron chi connectivity index (χ3n) is 3.29. The summed E-state index contributed by atoms with van der Waals surface area (Å²) in [6.45, 7) is 5.62. The molecule has 0 unspecified atom stereocenters. The van der Waals surface area contributed by atoms with Crippen molar-refractivity contribution in [3.63, 3.8) is 0 Å². The molecular weight excluding hydrogens is 327 g/mol. The Morgan fingerprint density at radius 2 is 1.88 bits per heavy atom. The second-order valence-corrected chi connectivity index (χ2v) is 5.67. The van der Waals surface area contributed by atoms with Gasteiger partial charge in [-0.25, -0.2) is 0 Å². The van der Waals surface area contributed by atoms with Gasteiger partial charge in [-0.1, -0.05) is 6.07 Å². The van der Waals surface area contributed by atoms with Gasteiger partial charge in [0.25, 0.3) is 5.91 Å². The zero-order chi connectivity index (χ0) is 12.4. The summed E-state index contributed by atoms with van der Waals surface area (Å²) in [6, 6.07) is 5.92. The smallest absolute Gasteiger partial charge is 0.254 e. The fourth-order valence-corrected chi connectivity index (χ4v) is 2.52. The van der Waals surface area contributed by atoms with Gasteiger partial charge in [0.05, 0.1) is 0 Å². The summed E-state index contributed by atoms with van der Waals surface area (Å²) in [5, 5.41) is 0. The van der Waals surface area contributed by atoms with Gasteiger partial charge in [0.15, 0.2) is 0 Å². The standard InChI is InChI=1S/C13H17IN2O/c1-10-11(4-3-5-12(10)14)13(17)16-8-6-15(2)7-9-16/h3-5H,6-9H2,1-2H3. The third-order valence-corrected chi connectivity index (χ3v) is 4.46. The summed E-state index contributed by atoms with van der Waals surface area (Å²) >= 11 is 2.28. The minimum Gasteiger partial charge on any atom is -0.336 e. The van der Waals surface area contributed by atoms with Crippen LogP contribution < -0.4 is 0 Å². The molecule has 1 aromatic carbocycles. The van der Waals surface area contributed by atoms with E-state index in [9.17, 15) is 4.79 Å². The van der Waals surface area contributed by atoms with Crippen molar-refractivity contribution in [2.45, 2.75) is 6.92 Å².